The quantitative estimate of drug-likeness (QED) is 0.814. The van der Waals surface area contributed by atoms with Gasteiger partial charge in [0.15, 0.2) is 0 Å². The number of carboxylic acid groups (broad SMARTS) is 1. The number of carbonyl (C=O) groups excluding carboxylic acids is 1. The third-order valence-corrected chi connectivity index (χ3v) is 5.19. The Morgan fingerprint density at radius 1 is 1.22 bits per heavy atom. The second kappa shape index (κ2) is 7.37. The maximum atomic E-state index is 12.3. The van der Waals surface area contributed by atoms with Gasteiger partial charge in [-0.25, -0.2) is 4.98 Å². The van der Waals surface area contributed by atoms with E-state index in [1.165, 1.54) is 17.5 Å². The molecule has 0 saturated heterocycles. The summed E-state index contributed by atoms with van der Waals surface area (Å²) in [5, 5.41) is 12.9. The summed E-state index contributed by atoms with van der Waals surface area (Å²) in [6.07, 6.45) is 2.47. The van der Waals surface area contributed by atoms with E-state index in [-0.39, 0.29) is 12.5 Å². The molecule has 0 atom stereocenters. The molecule has 6 heteroatoms. The third kappa shape index (κ3) is 3.76. The summed E-state index contributed by atoms with van der Waals surface area (Å²) in [6.45, 7) is 3.76. The molecule has 5 nitrogen and oxygen atoms in total. The van der Waals surface area contributed by atoms with Crippen LogP contribution < -0.4 is 5.32 Å². The average molecular weight is 332 g/mol. The Morgan fingerprint density at radius 3 is 2.43 bits per heavy atom. The highest BCUT2D eigenvalue weighted by Crippen LogP contribution is 2.27. The number of rotatable bonds is 7. The molecule has 1 aromatic heterocycles. The number of aliphatic carboxylic acids is 1. The number of nitrogens with one attached hydrogen (secondary N) is 1. The predicted molar refractivity (Wildman–Crippen MR) is 90.5 cm³/mol. The SMILES string of the molecule is CCC(CC)(CNC(=O)c1cnc(-c2ccccc2)s1)C(=O)O. The van der Waals surface area contributed by atoms with Crippen LogP contribution in [0.4, 0.5) is 0 Å². The number of carboxylic acids is 1. The van der Waals surface area contributed by atoms with Crippen LogP contribution in [0.3, 0.4) is 0 Å². The van der Waals surface area contributed by atoms with Crippen molar-refractivity contribution in [1.29, 1.82) is 0 Å². The number of benzene rings is 1. The van der Waals surface area contributed by atoms with Gasteiger partial charge in [0, 0.05) is 12.1 Å². The molecule has 0 aliphatic heterocycles. The van der Waals surface area contributed by atoms with E-state index < -0.39 is 11.4 Å². The summed E-state index contributed by atoms with van der Waals surface area (Å²) in [4.78, 5) is 28.5. The Morgan fingerprint density at radius 2 is 1.87 bits per heavy atom. The number of thiazole rings is 1. The van der Waals surface area contributed by atoms with Gasteiger partial charge in [-0.15, -0.1) is 11.3 Å². The van der Waals surface area contributed by atoms with Crippen LogP contribution >= 0.6 is 11.3 Å². The minimum Gasteiger partial charge on any atom is -0.481 e. The summed E-state index contributed by atoms with van der Waals surface area (Å²) in [7, 11) is 0. The molecule has 2 rings (SSSR count). The number of aromatic nitrogens is 1. The van der Waals surface area contributed by atoms with Gasteiger partial charge in [-0.3, -0.25) is 9.59 Å². The van der Waals surface area contributed by atoms with Crippen LogP contribution in [-0.2, 0) is 4.79 Å². The van der Waals surface area contributed by atoms with Crippen LogP contribution in [0.15, 0.2) is 36.5 Å². The summed E-state index contributed by atoms with van der Waals surface area (Å²) >= 11 is 1.30. The fourth-order valence-corrected chi connectivity index (χ4v) is 3.15. The Labute approximate surface area is 139 Å². The summed E-state index contributed by atoms with van der Waals surface area (Å²) in [5.41, 5.74) is 0.0429. The number of carbonyl (C=O) groups is 2. The molecular formula is C17H20N2O3S. The number of hydrogen-bond acceptors (Lipinski definition) is 4. The first-order valence-electron chi connectivity index (χ1n) is 7.55. The highest BCUT2D eigenvalue weighted by atomic mass is 32.1. The van der Waals surface area contributed by atoms with Gasteiger partial charge in [-0.2, -0.15) is 0 Å². The zero-order valence-corrected chi connectivity index (χ0v) is 14.0. The van der Waals surface area contributed by atoms with Gasteiger partial charge in [-0.05, 0) is 12.8 Å². The van der Waals surface area contributed by atoms with E-state index in [0.717, 1.165) is 10.6 Å². The largest absolute Gasteiger partial charge is 0.481 e. The topological polar surface area (TPSA) is 79.3 Å². The average Bonchev–Trinajstić information content (AvgIpc) is 3.06. The van der Waals surface area contributed by atoms with Gasteiger partial charge < -0.3 is 10.4 Å². The fraction of sp³-hybridized carbons (Fsp3) is 0.353. The predicted octanol–water partition coefficient (Wildman–Crippen LogP) is 3.43. The van der Waals surface area contributed by atoms with Gasteiger partial charge in [0.1, 0.15) is 9.88 Å². The molecule has 0 spiro atoms. The van der Waals surface area contributed by atoms with Crippen LogP contribution in [0, 0.1) is 5.41 Å². The number of hydrogen-bond donors (Lipinski definition) is 2. The second-order valence-electron chi connectivity index (χ2n) is 5.37. The van der Waals surface area contributed by atoms with Crippen LogP contribution in [0.25, 0.3) is 10.6 Å². The molecule has 1 aromatic carbocycles. The minimum absolute atomic E-state index is 0.118. The molecule has 23 heavy (non-hydrogen) atoms. The number of amides is 1. The van der Waals surface area contributed by atoms with E-state index in [1.807, 2.05) is 44.2 Å². The van der Waals surface area contributed by atoms with E-state index in [2.05, 4.69) is 10.3 Å². The van der Waals surface area contributed by atoms with Gasteiger partial charge in [-0.1, -0.05) is 44.2 Å². The van der Waals surface area contributed by atoms with E-state index in [0.29, 0.717) is 17.7 Å². The van der Waals surface area contributed by atoms with Gasteiger partial charge in [0.25, 0.3) is 5.91 Å². The lowest BCUT2D eigenvalue weighted by molar-refractivity contribution is -0.149. The molecule has 0 saturated carbocycles. The highest BCUT2D eigenvalue weighted by molar-refractivity contribution is 7.16. The minimum atomic E-state index is -0.914. The summed E-state index contributed by atoms with van der Waals surface area (Å²) in [5.74, 6) is -1.16. The van der Waals surface area contributed by atoms with Crippen molar-refractivity contribution in [2.24, 2.45) is 5.41 Å². The van der Waals surface area contributed by atoms with Crippen molar-refractivity contribution in [3.8, 4) is 10.6 Å². The first-order chi connectivity index (χ1) is 11.0. The van der Waals surface area contributed by atoms with Gasteiger partial charge >= 0.3 is 5.97 Å². The number of nitrogens with zero attached hydrogens (tertiary/aromatic N) is 1. The molecule has 122 valence electrons. The lowest BCUT2D eigenvalue weighted by Gasteiger charge is -2.26. The van der Waals surface area contributed by atoms with Crippen LogP contribution in [0.2, 0.25) is 0 Å². The molecule has 1 amide bonds. The Bertz CT molecular complexity index is 678. The van der Waals surface area contributed by atoms with Crippen molar-refractivity contribution in [2.45, 2.75) is 26.7 Å². The van der Waals surface area contributed by atoms with Crippen molar-refractivity contribution in [1.82, 2.24) is 10.3 Å². The Balaban J connectivity index is 2.07. The van der Waals surface area contributed by atoms with Crippen LogP contribution in [-0.4, -0.2) is 28.5 Å². The van der Waals surface area contributed by atoms with Crippen molar-refractivity contribution in [3.63, 3.8) is 0 Å². The first kappa shape index (κ1) is 17.1. The zero-order chi connectivity index (χ0) is 16.9. The molecule has 1 heterocycles. The zero-order valence-electron chi connectivity index (χ0n) is 13.2. The van der Waals surface area contributed by atoms with Crippen molar-refractivity contribution >= 4 is 23.2 Å². The summed E-state index contributed by atoms with van der Waals surface area (Å²) in [6, 6.07) is 9.63. The van der Waals surface area contributed by atoms with Gasteiger partial charge in [0.05, 0.1) is 11.6 Å². The van der Waals surface area contributed by atoms with Crippen LogP contribution in [0.5, 0.6) is 0 Å². The molecular weight excluding hydrogens is 312 g/mol. The molecule has 2 N–H and O–H groups in total. The molecule has 0 bridgehead atoms. The molecule has 2 aromatic rings. The van der Waals surface area contributed by atoms with E-state index in [9.17, 15) is 14.7 Å². The molecule has 0 aliphatic rings. The van der Waals surface area contributed by atoms with E-state index in [4.69, 9.17) is 0 Å². The van der Waals surface area contributed by atoms with Crippen molar-refractivity contribution in [2.75, 3.05) is 6.54 Å². The van der Waals surface area contributed by atoms with Crippen molar-refractivity contribution in [3.05, 3.63) is 41.4 Å². The molecule has 0 unspecified atom stereocenters. The maximum Gasteiger partial charge on any atom is 0.311 e. The Kier molecular flexibility index (Phi) is 5.50. The Hall–Kier alpha value is -2.21. The molecule has 0 radical (unpaired) electrons. The molecule has 0 fully saturated rings. The summed E-state index contributed by atoms with van der Waals surface area (Å²) < 4.78 is 0. The first-order valence-corrected chi connectivity index (χ1v) is 8.37. The van der Waals surface area contributed by atoms with Crippen molar-refractivity contribution < 1.29 is 14.7 Å². The lowest BCUT2D eigenvalue weighted by Crippen LogP contribution is -2.42. The van der Waals surface area contributed by atoms with E-state index in [1.54, 1.807) is 0 Å². The van der Waals surface area contributed by atoms with Crippen LogP contribution in [0.1, 0.15) is 36.4 Å². The molecule has 0 aliphatic carbocycles. The fourth-order valence-electron chi connectivity index (χ4n) is 2.31. The lowest BCUT2D eigenvalue weighted by atomic mass is 9.82. The third-order valence-electron chi connectivity index (χ3n) is 4.14. The standard InChI is InChI=1S/C17H20N2O3S/c1-3-17(4-2,16(21)22)11-19-14(20)13-10-18-15(23-13)12-8-6-5-7-9-12/h5-10H,3-4,11H2,1-2H3,(H,19,20)(H,21,22). The maximum absolute atomic E-state index is 12.3. The van der Waals surface area contributed by atoms with Gasteiger partial charge in [0.2, 0.25) is 0 Å². The highest BCUT2D eigenvalue weighted by Gasteiger charge is 2.35. The normalized spacial score (nSPS) is 11.2. The smallest absolute Gasteiger partial charge is 0.311 e. The van der Waals surface area contributed by atoms with E-state index >= 15 is 0 Å². The monoisotopic (exact) mass is 332 g/mol. The second-order valence-corrected chi connectivity index (χ2v) is 6.40.